The van der Waals surface area contributed by atoms with Gasteiger partial charge in [0.25, 0.3) is 11.5 Å². The number of aromatic nitrogens is 2. The van der Waals surface area contributed by atoms with E-state index in [1.165, 1.54) is 15.5 Å². The third-order valence-electron chi connectivity index (χ3n) is 4.75. The average Bonchev–Trinajstić information content (AvgIpc) is 2.71. The highest BCUT2D eigenvalue weighted by Gasteiger charge is 2.24. The molecule has 0 saturated heterocycles. The summed E-state index contributed by atoms with van der Waals surface area (Å²) in [7, 11) is 0. The summed E-state index contributed by atoms with van der Waals surface area (Å²) < 4.78 is 19.9. The number of nitrogens with zero attached hydrogens (tertiary/aromatic N) is 2. The Balaban J connectivity index is 2.35. The minimum atomic E-state index is -0.736. The van der Waals surface area contributed by atoms with E-state index in [4.69, 9.17) is 22.1 Å². The van der Waals surface area contributed by atoms with Gasteiger partial charge in [0.15, 0.2) is 12.3 Å². The molecule has 0 spiro atoms. The van der Waals surface area contributed by atoms with E-state index in [-0.39, 0.29) is 28.8 Å². The number of H-pyrrole nitrogens is 1. The molecule has 170 valence electrons. The number of benzene rings is 1. The first-order chi connectivity index (χ1) is 14.8. The molecule has 2 aromatic rings. The van der Waals surface area contributed by atoms with Crippen molar-refractivity contribution < 1.29 is 13.9 Å². The Hall–Kier alpha value is -2.81. The molecule has 10 heteroatoms. The maximum atomic E-state index is 13.2. The van der Waals surface area contributed by atoms with Gasteiger partial charge in [-0.25, -0.2) is 9.18 Å². The predicted molar refractivity (Wildman–Crippen MR) is 119 cm³/mol. The molecule has 0 atom stereocenters. The van der Waals surface area contributed by atoms with Gasteiger partial charge in [0, 0.05) is 13.1 Å². The minimum absolute atomic E-state index is 0.0239. The number of nitrogens with one attached hydrogen (secondary N) is 1. The van der Waals surface area contributed by atoms with Gasteiger partial charge in [0.2, 0.25) is 0 Å². The lowest BCUT2D eigenvalue weighted by Gasteiger charge is -2.24. The summed E-state index contributed by atoms with van der Waals surface area (Å²) in [6.45, 7) is 4.09. The molecule has 0 bridgehead atoms. The molecule has 0 aliphatic carbocycles. The fraction of sp³-hybridized carbons (Fsp3) is 0.476. The molecule has 0 aliphatic rings. The van der Waals surface area contributed by atoms with E-state index >= 15 is 0 Å². The van der Waals surface area contributed by atoms with Gasteiger partial charge in [-0.05, 0) is 31.0 Å². The maximum Gasteiger partial charge on any atom is 0.330 e. The Kier molecular flexibility index (Phi) is 9.11. The van der Waals surface area contributed by atoms with E-state index in [2.05, 4.69) is 4.98 Å². The summed E-state index contributed by atoms with van der Waals surface area (Å²) in [4.78, 5) is 41.3. The number of unbranched alkanes of at least 4 members (excludes halogenated alkanes) is 3. The second-order valence-corrected chi connectivity index (χ2v) is 7.52. The number of hydrogen-bond donors (Lipinski definition) is 2. The first-order valence-electron chi connectivity index (χ1n) is 10.3. The van der Waals surface area contributed by atoms with Gasteiger partial charge in [0.1, 0.15) is 17.4 Å². The van der Waals surface area contributed by atoms with Gasteiger partial charge < -0.3 is 15.4 Å². The highest BCUT2D eigenvalue weighted by atomic mass is 35.5. The topological polar surface area (TPSA) is 110 Å². The van der Waals surface area contributed by atoms with E-state index in [0.717, 1.165) is 31.4 Å². The molecule has 2 rings (SSSR count). The number of rotatable bonds is 11. The second kappa shape index (κ2) is 11.5. The second-order valence-electron chi connectivity index (χ2n) is 7.11. The molecular formula is C21H28ClFN4O4. The molecule has 0 radical (unpaired) electrons. The largest absolute Gasteiger partial charge is 0.482 e. The van der Waals surface area contributed by atoms with E-state index in [9.17, 15) is 18.8 Å². The highest BCUT2D eigenvalue weighted by molar-refractivity contribution is 6.32. The molecule has 1 aromatic carbocycles. The Morgan fingerprint density at radius 1 is 1.23 bits per heavy atom. The zero-order valence-corrected chi connectivity index (χ0v) is 18.5. The molecule has 3 N–H and O–H groups in total. The molecule has 0 aliphatic heterocycles. The van der Waals surface area contributed by atoms with Crippen LogP contribution in [-0.2, 0) is 11.3 Å². The molecule has 0 fully saturated rings. The molecule has 1 heterocycles. The predicted octanol–water partition coefficient (Wildman–Crippen LogP) is 3.31. The smallest absolute Gasteiger partial charge is 0.330 e. The van der Waals surface area contributed by atoms with Crippen LogP contribution in [0, 0.1) is 5.82 Å². The molecule has 0 unspecified atom stereocenters. The number of carbonyl (C=O) groups excluding carboxylic acids is 1. The number of aromatic amines is 1. The lowest BCUT2D eigenvalue weighted by atomic mass is 10.2. The van der Waals surface area contributed by atoms with Crippen molar-refractivity contribution in [3.8, 4) is 5.75 Å². The van der Waals surface area contributed by atoms with E-state index in [0.29, 0.717) is 19.4 Å². The summed E-state index contributed by atoms with van der Waals surface area (Å²) in [5.74, 6) is -0.987. The number of nitrogen functional groups attached to an aromatic ring is 1. The molecule has 1 aromatic heterocycles. The number of nitrogens with two attached hydrogens (primary N) is 1. The maximum absolute atomic E-state index is 13.2. The first kappa shape index (κ1) is 24.5. The fourth-order valence-corrected chi connectivity index (χ4v) is 3.29. The van der Waals surface area contributed by atoms with E-state index in [1.54, 1.807) is 0 Å². The zero-order chi connectivity index (χ0) is 23.0. The first-order valence-corrected chi connectivity index (χ1v) is 10.7. The monoisotopic (exact) mass is 454 g/mol. The number of amides is 1. The Morgan fingerprint density at radius 3 is 2.58 bits per heavy atom. The van der Waals surface area contributed by atoms with Gasteiger partial charge >= 0.3 is 5.69 Å². The van der Waals surface area contributed by atoms with Crippen LogP contribution in [0.4, 0.5) is 15.9 Å². The third kappa shape index (κ3) is 6.33. The van der Waals surface area contributed by atoms with Crippen molar-refractivity contribution in [1.29, 1.82) is 0 Å². The van der Waals surface area contributed by atoms with Gasteiger partial charge in [-0.3, -0.25) is 19.1 Å². The fourth-order valence-electron chi connectivity index (χ4n) is 3.07. The van der Waals surface area contributed by atoms with Crippen LogP contribution in [0.15, 0.2) is 27.8 Å². The summed E-state index contributed by atoms with van der Waals surface area (Å²) in [5.41, 5.74) is 4.73. The molecular weight excluding hydrogens is 427 g/mol. The quantitative estimate of drug-likeness (QED) is 0.506. The normalized spacial score (nSPS) is 10.8. The summed E-state index contributed by atoms with van der Waals surface area (Å²) in [6, 6.07) is 3.56. The number of anilines is 2. The Bertz CT molecular complexity index is 1020. The van der Waals surface area contributed by atoms with Crippen molar-refractivity contribution in [3.05, 3.63) is 49.9 Å². The van der Waals surface area contributed by atoms with Crippen molar-refractivity contribution in [2.75, 3.05) is 23.8 Å². The van der Waals surface area contributed by atoms with Crippen LogP contribution in [0.2, 0.25) is 5.02 Å². The van der Waals surface area contributed by atoms with Crippen molar-refractivity contribution in [2.45, 2.75) is 52.5 Å². The van der Waals surface area contributed by atoms with Crippen molar-refractivity contribution in [2.24, 2.45) is 0 Å². The van der Waals surface area contributed by atoms with Crippen LogP contribution >= 0.6 is 11.6 Å². The van der Waals surface area contributed by atoms with Crippen LogP contribution in [-0.4, -0.2) is 28.6 Å². The average molecular weight is 455 g/mol. The zero-order valence-electron chi connectivity index (χ0n) is 17.7. The van der Waals surface area contributed by atoms with Crippen molar-refractivity contribution in [1.82, 2.24) is 9.55 Å². The minimum Gasteiger partial charge on any atom is -0.482 e. The number of hydrogen-bond acceptors (Lipinski definition) is 5. The Labute approximate surface area is 184 Å². The SMILES string of the molecule is CCCCCN(C(=O)COc1ccc(F)cc1Cl)c1c(N)n(CCCC)c(=O)[nH]c1=O. The number of ether oxygens (including phenoxy) is 1. The highest BCUT2D eigenvalue weighted by Crippen LogP contribution is 2.25. The van der Waals surface area contributed by atoms with Crippen molar-refractivity contribution in [3.63, 3.8) is 0 Å². The van der Waals surface area contributed by atoms with Gasteiger partial charge in [-0.1, -0.05) is 44.7 Å². The standard InChI is InChI=1S/C21H28ClFN4O4/c1-3-5-7-11-26(17(28)13-31-16-9-8-14(23)12-15(16)22)18-19(24)27(10-6-4-2)21(30)25-20(18)29/h8-9,12H,3-7,10-11,13,24H2,1-2H3,(H,25,29,30). The summed E-state index contributed by atoms with van der Waals surface area (Å²) in [6.07, 6.45) is 3.89. The third-order valence-corrected chi connectivity index (χ3v) is 5.05. The molecule has 1 amide bonds. The molecule has 8 nitrogen and oxygen atoms in total. The van der Waals surface area contributed by atoms with Crippen LogP contribution < -0.4 is 26.6 Å². The Morgan fingerprint density at radius 2 is 1.94 bits per heavy atom. The van der Waals surface area contributed by atoms with Crippen LogP contribution in [0.1, 0.15) is 46.0 Å². The summed E-state index contributed by atoms with van der Waals surface area (Å²) in [5, 5.41) is 0.0239. The van der Waals surface area contributed by atoms with Gasteiger partial charge in [0.05, 0.1) is 5.02 Å². The summed E-state index contributed by atoms with van der Waals surface area (Å²) >= 11 is 5.95. The number of halogens is 2. The molecule has 31 heavy (non-hydrogen) atoms. The molecule has 0 saturated carbocycles. The van der Waals surface area contributed by atoms with E-state index in [1.807, 2.05) is 13.8 Å². The van der Waals surface area contributed by atoms with Crippen molar-refractivity contribution >= 4 is 29.0 Å². The van der Waals surface area contributed by atoms with E-state index < -0.39 is 29.6 Å². The van der Waals surface area contributed by atoms with Crippen LogP contribution in [0.3, 0.4) is 0 Å². The lowest BCUT2D eigenvalue weighted by molar-refractivity contribution is -0.120. The van der Waals surface area contributed by atoms with Gasteiger partial charge in [-0.15, -0.1) is 0 Å². The van der Waals surface area contributed by atoms with Crippen LogP contribution in [0.25, 0.3) is 0 Å². The van der Waals surface area contributed by atoms with Crippen LogP contribution in [0.5, 0.6) is 5.75 Å². The van der Waals surface area contributed by atoms with Gasteiger partial charge in [-0.2, -0.15) is 0 Å². The lowest BCUT2D eigenvalue weighted by Crippen LogP contribution is -2.43. The number of carbonyl (C=O) groups is 1.